The molecular formula is C23H32O3. The Labute approximate surface area is 157 Å². The Morgan fingerprint density at radius 1 is 0.808 bits per heavy atom. The molecule has 0 aliphatic heterocycles. The van der Waals surface area contributed by atoms with E-state index in [1.165, 1.54) is 44.9 Å². The van der Waals surface area contributed by atoms with Gasteiger partial charge in [0.15, 0.2) is 11.5 Å². The SMILES string of the molecule is CCCCCCCCCCCCC1=C(O)C(=O)c2c(C)cccc2C1=O. The van der Waals surface area contributed by atoms with Crippen LogP contribution in [-0.2, 0) is 0 Å². The average Bonchev–Trinajstić information content (AvgIpc) is 2.63. The zero-order valence-corrected chi connectivity index (χ0v) is 16.3. The first-order valence-corrected chi connectivity index (χ1v) is 10.2. The fraction of sp³-hybridized carbons (Fsp3) is 0.565. The van der Waals surface area contributed by atoms with Crippen molar-refractivity contribution in [1.29, 1.82) is 0 Å². The van der Waals surface area contributed by atoms with Gasteiger partial charge in [0.1, 0.15) is 0 Å². The number of carbonyl (C=O) groups excluding carboxylic acids is 2. The van der Waals surface area contributed by atoms with Gasteiger partial charge in [-0.25, -0.2) is 0 Å². The Bertz CT molecular complexity index is 670. The number of hydrogen-bond donors (Lipinski definition) is 1. The Hall–Kier alpha value is -1.90. The van der Waals surface area contributed by atoms with Crippen LogP contribution in [0.1, 0.15) is 104 Å². The number of rotatable bonds is 11. The van der Waals surface area contributed by atoms with Gasteiger partial charge in [0.25, 0.3) is 0 Å². The molecular weight excluding hydrogens is 324 g/mol. The molecule has 1 N–H and O–H groups in total. The second-order valence-electron chi connectivity index (χ2n) is 7.41. The summed E-state index contributed by atoms with van der Waals surface area (Å²) in [6.07, 6.45) is 12.7. The van der Waals surface area contributed by atoms with Crippen LogP contribution in [0.15, 0.2) is 29.5 Å². The molecule has 0 heterocycles. The third-order valence-corrected chi connectivity index (χ3v) is 5.30. The number of allylic oxidation sites excluding steroid dienone is 2. The van der Waals surface area contributed by atoms with E-state index < -0.39 is 5.78 Å². The average molecular weight is 357 g/mol. The highest BCUT2D eigenvalue weighted by atomic mass is 16.3. The number of aliphatic hydroxyl groups is 1. The van der Waals surface area contributed by atoms with Crippen molar-refractivity contribution in [2.75, 3.05) is 0 Å². The highest BCUT2D eigenvalue weighted by Gasteiger charge is 2.32. The van der Waals surface area contributed by atoms with Crippen molar-refractivity contribution in [1.82, 2.24) is 0 Å². The normalized spacial score (nSPS) is 14.1. The summed E-state index contributed by atoms with van der Waals surface area (Å²) in [7, 11) is 0. The molecule has 3 heteroatoms. The fourth-order valence-electron chi connectivity index (χ4n) is 3.71. The van der Waals surface area contributed by atoms with Gasteiger partial charge in [0.05, 0.1) is 0 Å². The van der Waals surface area contributed by atoms with Crippen LogP contribution in [0.3, 0.4) is 0 Å². The largest absolute Gasteiger partial charge is 0.504 e. The fourth-order valence-corrected chi connectivity index (χ4v) is 3.71. The van der Waals surface area contributed by atoms with Crippen molar-refractivity contribution in [3.8, 4) is 0 Å². The van der Waals surface area contributed by atoms with E-state index in [2.05, 4.69) is 6.92 Å². The predicted octanol–water partition coefficient (Wildman–Crippen LogP) is 6.50. The number of unbranched alkanes of at least 4 members (excludes halogenated alkanes) is 9. The molecule has 3 nitrogen and oxygen atoms in total. The van der Waals surface area contributed by atoms with Crippen LogP contribution in [0, 0.1) is 6.92 Å². The van der Waals surface area contributed by atoms with Crippen molar-refractivity contribution in [3.63, 3.8) is 0 Å². The number of aliphatic hydroxyl groups excluding tert-OH is 1. The Kier molecular flexibility index (Phi) is 8.08. The Balaban J connectivity index is 1.77. The highest BCUT2D eigenvalue weighted by molar-refractivity contribution is 6.26. The molecule has 26 heavy (non-hydrogen) atoms. The van der Waals surface area contributed by atoms with Crippen LogP contribution in [0.25, 0.3) is 0 Å². The first-order valence-electron chi connectivity index (χ1n) is 10.2. The molecule has 1 aliphatic rings. The quantitative estimate of drug-likeness (QED) is 0.461. The number of aryl methyl sites for hydroxylation is 1. The van der Waals surface area contributed by atoms with Crippen molar-refractivity contribution < 1.29 is 14.7 Å². The van der Waals surface area contributed by atoms with Crippen molar-refractivity contribution >= 4 is 11.6 Å². The molecule has 2 rings (SSSR count). The molecule has 0 fully saturated rings. The lowest BCUT2D eigenvalue weighted by molar-refractivity contribution is 0.0925. The van der Waals surface area contributed by atoms with Gasteiger partial charge in [-0.05, 0) is 25.3 Å². The summed E-state index contributed by atoms with van der Waals surface area (Å²) in [6, 6.07) is 5.28. The minimum atomic E-state index is -0.403. The number of benzene rings is 1. The topological polar surface area (TPSA) is 54.4 Å². The lowest BCUT2D eigenvalue weighted by Crippen LogP contribution is -2.23. The Morgan fingerprint density at radius 2 is 1.38 bits per heavy atom. The molecule has 0 unspecified atom stereocenters. The molecule has 0 bridgehead atoms. The summed E-state index contributed by atoms with van der Waals surface area (Å²) in [4.78, 5) is 25.1. The van der Waals surface area contributed by atoms with Gasteiger partial charge < -0.3 is 5.11 Å². The summed E-state index contributed by atoms with van der Waals surface area (Å²) in [5.74, 6) is -0.927. The molecule has 1 aliphatic carbocycles. The second-order valence-corrected chi connectivity index (χ2v) is 7.41. The number of ketones is 2. The second kappa shape index (κ2) is 10.3. The van der Waals surface area contributed by atoms with Gasteiger partial charge in [-0.15, -0.1) is 0 Å². The van der Waals surface area contributed by atoms with Crippen LogP contribution in [0.4, 0.5) is 0 Å². The number of Topliss-reactive ketones (excluding diaryl/α,β-unsaturated/α-hetero) is 2. The molecule has 0 atom stereocenters. The maximum absolute atomic E-state index is 12.6. The number of carbonyl (C=O) groups is 2. The molecule has 1 aromatic rings. The first-order chi connectivity index (χ1) is 12.6. The monoisotopic (exact) mass is 356 g/mol. The maximum atomic E-state index is 12.6. The molecule has 0 radical (unpaired) electrons. The number of hydrogen-bond acceptors (Lipinski definition) is 3. The molecule has 0 aromatic heterocycles. The molecule has 0 amide bonds. The van der Waals surface area contributed by atoms with Crippen molar-refractivity contribution in [2.24, 2.45) is 0 Å². The summed E-state index contributed by atoms with van der Waals surface area (Å²) < 4.78 is 0. The zero-order valence-electron chi connectivity index (χ0n) is 16.3. The van der Waals surface area contributed by atoms with Crippen LogP contribution in [0.5, 0.6) is 0 Å². The van der Waals surface area contributed by atoms with E-state index in [-0.39, 0.29) is 11.5 Å². The van der Waals surface area contributed by atoms with E-state index in [0.29, 0.717) is 23.1 Å². The lowest BCUT2D eigenvalue weighted by Gasteiger charge is -2.19. The summed E-state index contributed by atoms with van der Waals surface area (Å²) in [5.41, 5.74) is 1.84. The standard InChI is InChI=1S/C23H32O3/c1-3-4-5-6-7-8-9-10-11-12-15-19-21(24)18-16-13-14-17(2)20(18)23(26)22(19)25/h13-14,16,25H,3-12,15H2,1-2H3. The van der Waals surface area contributed by atoms with Gasteiger partial charge >= 0.3 is 0 Å². The molecule has 0 saturated heterocycles. The molecule has 0 spiro atoms. The van der Waals surface area contributed by atoms with Crippen molar-refractivity contribution in [2.45, 2.75) is 84.5 Å². The number of fused-ring (bicyclic) bond motifs is 1. The maximum Gasteiger partial charge on any atom is 0.228 e. The predicted molar refractivity (Wildman–Crippen MR) is 106 cm³/mol. The van der Waals surface area contributed by atoms with Gasteiger partial charge in [-0.1, -0.05) is 82.9 Å². The zero-order chi connectivity index (χ0) is 18.9. The van der Waals surface area contributed by atoms with E-state index >= 15 is 0 Å². The van der Waals surface area contributed by atoms with Gasteiger partial charge in [0.2, 0.25) is 5.78 Å². The smallest absolute Gasteiger partial charge is 0.228 e. The third kappa shape index (κ3) is 5.06. The summed E-state index contributed by atoms with van der Waals surface area (Å²) in [6.45, 7) is 4.03. The lowest BCUT2D eigenvalue weighted by atomic mass is 9.84. The van der Waals surface area contributed by atoms with E-state index in [4.69, 9.17) is 0 Å². The third-order valence-electron chi connectivity index (χ3n) is 5.30. The van der Waals surface area contributed by atoms with Gasteiger partial charge in [-0.3, -0.25) is 9.59 Å². The van der Waals surface area contributed by atoms with Crippen molar-refractivity contribution in [3.05, 3.63) is 46.2 Å². The minimum absolute atomic E-state index is 0.184. The van der Waals surface area contributed by atoms with Crippen LogP contribution >= 0.6 is 0 Å². The van der Waals surface area contributed by atoms with Gasteiger partial charge in [0, 0.05) is 16.7 Å². The van der Waals surface area contributed by atoms with E-state index in [1.54, 1.807) is 25.1 Å². The van der Waals surface area contributed by atoms with E-state index in [0.717, 1.165) is 24.8 Å². The molecule has 0 saturated carbocycles. The van der Waals surface area contributed by atoms with Crippen LogP contribution in [-0.4, -0.2) is 16.7 Å². The van der Waals surface area contributed by atoms with E-state index in [9.17, 15) is 14.7 Å². The summed E-state index contributed by atoms with van der Waals surface area (Å²) in [5, 5.41) is 10.2. The van der Waals surface area contributed by atoms with Crippen LogP contribution < -0.4 is 0 Å². The molecule has 142 valence electrons. The highest BCUT2D eigenvalue weighted by Crippen LogP contribution is 2.30. The summed E-state index contributed by atoms with van der Waals surface area (Å²) >= 11 is 0. The van der Waals surface area contributed by atoms with E-state index in [1.807, 2.05) is 0 Å². The Morgan fingerprint density at radius 3 is 2.00 bits per heavy atom. The van der Waals surface area contributed by atoms with Crippen LogP contribution in [0.2, 0.25) is 0 Å². The first kappa shape index (κ1) is 20.4. The van der Waals surface area contributed by atoms with Gasteiger partial charge in [-0.2, -0.15) is 0 Å². The molecule has 1 aromatic carbocycles. The minimum Gasteiger partial charge on any atom is -0.504 e.